The van der Waals surface area contributed by atoms with E-state index >= 15 is 0 Å². The lowest BCUT2D eigenvalue weighted by molar-refractivity contribution is -0.118. The molecule has 0 spiro atoms. The van der Waals surface area contributed by atoms with Crippen LogP contribution in [0.4, 0.5) is 0 Å². The number of carbonyl (C=O) groups excluding carboxylic acids is 1. The summed E-state index contributed by atoms with van der Waals surface area (Å²) < 4.78 is 5.54. The van der Waals surface area contributed by atoms with Crippen molar-refractivity contribution >= 4 is 35.3 Å². The molecule has 0 saturated heterocycles. The minimum Gasteiger partial charge on any atom is -0.455 e. The molecule has 1 aromatic carbocycles. The maximum atomic E-state index is 10.7. The van der Waals surface area contributed by atoms with Crippen LogP contribution in [-0.4, -0.2) is 12.1 Å². The summed E-state index contributed by atoms with van der Waals surface area (Å²) in [5.74, 6) is 0.865. The summed E-state index contributed by atoms with van der Waals surface area (Å²) in [6, 6.07) is 8.65. The number of nitrogens with zero attached hydrogens (tertiary/aromatic N) is 1. The molecule has 0 atom stereocenters. The second-order valence-corrected chi connectivity index (χ2v) is 4.60. The topological polar surface area (TPSA) is 54.6 Å². The van der Waals surface area contributed by atoms with Gasteiger partial charge in [-0.2, -0.15) is 5.10 Å². The van der Waals surface area contributed by atoms with Crippen LogP contribution in [0.3, 0.4) is 0 Å². The Morgan fingerprint density at radius 2 is 2.11 bits per heavy atom. The Bertz CT molecular complexity index is 635. The van der Waals surface area contributed by atoms with Crippen LogP contribution in [0.25, 0.3) is 11.3 Å². The van der Waals surface area contributed by atoms with Crippen molar-refractivity contribution in [2.24, 2.45) is 5.10 Å². The number of nitrogens with one attached hydrogen (secondary N) is 1. The van der Waals surface area contributed by atoms with Crippen molar-refractivity contribution in [3.8, 4) is 11.3 Å². The number of rotatable bonds is 3. The van der Waals surface area contributed by atoms with Gasteiger partial charge in [-0.3, -0.25) is 4.79 Å². The second-order valence-electron chi connectivity index (χ2n) is 3.75. The maximum Gasteiger partial charge on any atom is 0.236 e. The molecule has 19 heavy (non-hydrogen) atoms. The van der Waals surface area contributed by atoms with E-state index in [-0.39, 0.29) is 5.91 Å². The molecule has 0 aliphatic carbocycles. The van der Waals surface area contributed by atoms with Gasteiger partial charge in [0.2, 0.25) is 5.91 Å². The molecule has 6 heteroatoms. The maximum absolute atomic E-state index is 10.7. The molecular weight excluding hydrogens is 287 g/mol. The lowest BCUT2D eigenvalue weighted by atomic mass is 10.2. The second kappa shape index (κ2) is 5.91. The van der Waals surface area contributed by atoms with Crippen molar-refractivity contribution in [2.75, 3.05) is 0 Å². The highest BCUT2D eigenvalue weighted by Gasteiger charge is 2.08. The lowest BCUT2D eigenvalue weighted by Gasteiger charge is -2.00. The summed E-state index contributed by atoms with van der Waals surface area (Å²) in [5, 5.41) is 4.78. The first-order valence-corrected chi connectivity index (χ1v) is 6.17. The van der Waals surface area contributed by atoms with E-state index in [9.17, 15) is 4.79 Å². The van der Waals surface area contributed by atoms with E-state index in [0.29, 0.717) is 21.6 Å². The predicted molar refractivity (Wildman–Crippen MR) is 75.6 cm³/mol. The van der Waals surface area contributed by atoms with Crippen LogP contribution in [0.2, 0.25) is 10.0 Å². The first-order valence-electron chi connectivity index (χ1n) is 5.41. The number of benzene rings is 1. The highest BCUT2D eigenvalue weighted by atomic mass is 35.5. The fraction of sp³-hybridized carbons (Fsp3) is 0.0769. The molecule has 0 saturated carbocycles. The summed E-state index contributed by atoms with van der Waals surface area (Å²) in [6.07, 6.45) is 1.41. The van der Waals surface area contributed by atoms with E-state index in [1.165, 1.54) is 13.1 Å². The smallest absolute Gasteiger partial charge is 0.236 e. The molecule has 1 amide bonds. The van der Waals surface area contributed by atoms with Crippen LogP contribution >= 0.6 is 23.2 Å². The van der Waals surface area contributed by atoms with E-state index in [2.05, 4.69) is 10.5 Å². The fourth-order valence-corrected chi connectivity index (χ4v) is 1.94. The van der Waals surface area contributed by atoms with Crippen LogP contribution in [0, 0.1) is 0 Å². The first kappa shape index (κ1) is 13.6. The van der Waals surface area contributed by atoms with E-state index in [1.54, 1.807) is 30.3 Å². The number of hydrogen-bond acceptors (Lipinski definition) is 3. The van der Waals surface area contributed by atoms with Crippen molar-refractivity contribution < 1.29 is 9.21 Å². The molecular formula is C13H10Cl2N2O2. The van der Waals surface area contributed by atoms with Gasteiger partial charge in [0.15, 0.2) is 0 Å². The number of hydrogen-bond donors (Lipinski definition) is 1. The Labute approximate surface area is 120 Å². The largest absolute Gasteiger partial charge is 0.455 e. The van der Waals surface area contributed by atoms with Gasteiger partial charge in [0, 0.05) is 17.5 Å². The third kappa shape index (κ3) is 3.59. The predicted octanol–water partition coefficient (Wildman–Crippen LogP) is 3.72. The normalized spacial score (nSPS) is 10.9. The van der Waals surface area contributed by atoms with Crippen LogP contribution < -0.4 is 5.43 Å². The Hall–Kier alpha value is -1.78. The number of hydrazone groups is 1. The SMILES string of the molecule is CC(=O)N/N=C/c1ccc(-c2ccc(Cl)cc2Cl)o1. The van der Waals surface area contributed by atoms with Crippen molar-refractivity contribution in [3.05, 3.63) is 46.1 Å². The molecule has 1 N–H and O–H groups in total. The Balaban J connectivity index is 2.21. The molecule has 0 aliphatic heterocycles. The van der Waals surface area contributed by atoms with Crippen LogP contribution in [0.1, 0.15) is 12.7 Å². The molecule has 2 aromatic rings. The van der Waals surface area contributed by atoms with E-state index in [4.69, 9.17) is 27.6 Å². The lowest BCUT2D eigenvalue weighted by Crippen LogP contribution is -2.12. The third-order valence-electron chi connectivity index (χ3n) is 2.24. The van der Waals surface area contributed by atoms with E-state index < -0.39 is 0 Å². The zero-order chi connectivity index (χ0) is 13.8. The third-order valence-corrected chi connectivity index (χ3v) is 2.78. The molecule has 98 valence electrons. The van der Waals surface area contributed by atoms with Gasteiger partial charge in [-0.25, -0.2) is 5.43 Å². The highest BCUT2D eigenvalue weighted by Crippen LogP contribution is 2.31. The average molecular weight is 297 g/mol. The zero-order valence-corrected chi connectivity index (χ0v) is 11.5. The molecule has 1 heterocycles. The summed E-state index contributed by atoms with van der Waals surface area (Å²) in [4.78, 5) is 10.7. The monoisotopic (exact) mass is 296 g/mol. The van der Waals surface area contributed by atoms with Gasteiger partial charge in [-0.05, 0) is 30.3 Å². The van der Waals surface area contributed by atoms with Crippen LogP contribution in [0.5, 0.6) is 0 Å². The van der Waals surface area contributed by atoms with Crippen molar-refractivity contribution in [1.29, 1.82) is 0 Å². The summed E-state index contributed by atoms with van der Waals surface area (Å²) in [7, 11) is 0. The molecule has 0 radical (unpaired) electrons. The Morgan fingerprint density at radius 3 is 2.79 bits per heavy atom. The minimum atomic E-state index is -0.247. The van der Waals surface area contributed by atoms with Crippen LogP contribution in [0.15, 0.2) is 39.9 Å². The highest BCUT2D eigenvalue weighted by molar-refractivity contribution is 6.36. The van der Waals surface area contributed by atoms with Crippen molar-refractivity contribution in [1.82, 2.24) is 5.43 Å². The van der Waals surface area contributed by atoms with Gasteiger partial charge >= 0.3 is 0 Å². The molecule has 0 unspecified atom stereocenters. The molecule has 4 nitrogen and oxygen atoms in total. The van der Waals surface area contributed by atoms with Gasteiger partial charge in [0.1, 0.15) is 11.5 Å². The van der Waals surface area contributed by atoms with Crippen molar-refractivity contribution in [3.63, 3.8) is 0 Å². The molecule has 0 aliphatic rings. The zero-order valence-electron chi connectivity index (χ0n) is 9.98. The number of amides is 1. The summed E-state index contributed by atoms with van der Waals surface area (Å²) in [6.45, 7) is 1.37. The van der Waals surface area contributed by atoms with Gasteiger partial charge in [-0.1, -0.05) is 23.2 Å². The van der Waals surface area contributed by atoms with Gasteiger partial charge in [0.05, 0.1) is 11.2 Å². The molecule has 0 fully saturated rings. The first-order chi connectivity index (χ1) is 9.06. The fourth-order valence-electron chi connectivity index (χ4n) is 1.44. The van der Waals surface area contributed by atoms with Gasteiger partial charge in [0.25, 0.3) is 0 Å². The van der Waals surface area contributed by atoms with Crippen LogP contribution in [-0.2, 0) is 4.79 Å². The van der Waals surface area contributed by atoms with E-state index in [1.807, 2.05) is 0 Å². The quantitative estimate of drug-likeness (QED) is 0.693. The van der Waals surface area contributed by atoms with Gasteiger partial charge in [-0.15, -0.1) is 0 Å². The standard InChI is InChI=1S/C13H10Cl2N2O2/c1-8(18)17-16-7-10-3-5-13(19-10)11-4-2-9(14)6-12(11)15/h2-7H,1H3,(H,17,18)/b16-7+. The molecule has 1 aromatic heterocycles. The molecule has 2 rings (SSSR count). The Morgan fingerprint density at radius 1 is 1.32 bits per heavy atom. The number of furan rings is 1. The van der Waals surface area contributed by atoms with E-state index in [0.717, 1.165) is 5.56 Å². The minimum absolute atomic E-state index is 0.247. The average Bonchev–Trinajstić information content (AvgIpc) is 2.77. The summed E-state index contributed by atoms with van der Waals surface area (Å²) in [5.41, 5.74) is 3.03. The summed E-state index contributed by atoms with van der Waals surface area (Å²) >= 11 is 11.9. The molecule has 0 bridgehead atoms. The van der Waals surface area contributed by atoms with Crippen molar-refractivity contribution in [2.45, 2.75) is 6.92 Å². The van der Waals surface area contributed by atoms with Gasteiger partial charge < -0.3 is 4.42 Å². The Kier molecular flexibility index (Phi) is 4.24. The number of halogens is 2. The number of carbonyl (C=O) groups is 1.